The number of hydrogen-bond donors (Lipinski definition) is 1. The average Bonchev–Trinajstić information content (AvgIpc) is 2.52. The van der Waals surface area contributed by atoms with Gasteiger partial charge in [-0.1, -0.05) is 21.1 Å². The van der Waals surface area contributed by atoms with Crippen molar-refractivity contribution in [3.63, 3.8) is 0 Å². The Hall–Kier alpha value is -0.880. The molecule has 6 heteroatoms. The second-order valence-electron chi connectivity index (χ2n) is 3.07. The van der Waals surface area contributed by atoms with Gasteiger partial charge < -0.3 is 5.73 Å². The zero-order valence-electron chi connectivity index (χ0n) is 7.91. The van der Waals surface area contributed by atoms with Crippen LogP contribution in [0.1, 0.15) is 5.69 Å². The van der Waals surface area contributed by atoms with Gasteiger partial charge in [-0.2, -0.15) is 0 Å². The highest BCUT2D eigenvalue weighted by Gasteiger charge is 2.10. The zero-order chi connectivity index (χ0) is 11.0. The molecule has 0 atom stereocenters. The van der Waals surface area contributed by atoms with E-state index >= 15 is 0 Å². The van der Waals surface area contributed by atoms with Gasteiger partial charge in [0.05, 0.1) is 11.4 Å². The van der Waals surface area contributed by atoms with E-state index in [4.69, 9.17) is 5.73 Å². The Labute approximate surface area is 104 Å². The molecule has 1 aromatic carbocycles. The maximum absolute atomic E-state index is 5.64. The number of hydrogen-bond acceptors (Lipinski definition) is 3. The fourth-order valence-electron chi connectivity index (χ4n) is 1.22. The van der Waals surface area contributed by atoms with Gasteiger partial charge >= 0.3 is 0 Å². The molecule has 0 amide bonds. The Morgan fingerprint density at radius 1 is 1.33 bits per heavy atom. The number of halogens is 2. The number of nitrogen functional groups attached to an aromatic ring is 1. The molecule has 4 nitrogen and oxygen atoms in total. The highest BCUT2D eigenvalue weighted by atomic mass is 79.9. The Kier molecular flexibility index (Phi) is 2.79. The van der Waals surface area contributed by atoms with Crippen LogP contribution in [0.5, 0.6) is 0 Å². The van der Waals surface area contributed by atoms with Crippen molar-refractivity contribution in [2.24, 2.45) is 0 Å². The molecule has 2 aromatic rings. The molecule has 15 heavy (non-hydrogen) atoms. The minimum atomic E-state index is 0.446. The molecule has 2 rings (SSSR count). The third kappa shape index (κ3) is 1.91. The summed E-state index contributed by atoms with van der Waals surface area (Å²) in [7, 11) is 0. The zero-order valence-corrected chi connectivity index (χ0v) is 11.1. The lowest BCUT2D eigenvalue weighted by Crippen LogP contribution is -2.00. The summed E-state index contributed by atoms with van der Waals surface area (Å²) in [5, 5.41) is 7.80. The van der Waals surface area contributed by atoms with Crippen LogP contribution in [0.4, 0.5) is 5.82 Å². The van der Waals surface area contributed by atoms with Gasteiger partial charge in [-0.3, -0.25) is 0 Å². The van der Waals surface area contributed by atoms with Crippen molar-refractivity contribution >= 4 is 37.7 Å². The van der Waals surface area contributed by atoms with Crippen LogP contribution < -0.4 is 5.73 Å². The number of aromatic nitrogens is 3. The van der Waals surface area contributed by atoms with Crippen molar-refractivity contribution in [2.75, 3.05) is 5.73 Å². The van der Waals surface area contributed by atoms with Crippen molar-refractivity contribution in [3.05, 3.63) is 32.8 Å². The van der Waals surface area contributed by atoms with Crippen molar-refractivity contribution in [1.82, 2.24) is 15.0 Å². The van der Waals surface area contributed by atoms with E-state index in [2.05, 4.69) is 42.2 Å². The Balaban J connectivity index is 2.63. The number of benzene rings is 1. The summed E-state index contributed by atoms with van der Waals surface area (Å²) in [6.45, 7) is 1.88. The molecule has 0 bridgehead atoms. The molecule has 0 aliphatic rings. The highest BCUT2D eigenvalue weighted by Crippen LogP contribution is 2.26. The standard InChI is InChI=1S/C9H8Br2N4/c1-5-9(12)13-14-15(5)8-4-6(10)2-3-7(8)11/h2-4H,12H2,1H3. The van der Waals surface area contributed by atoms with E-state index in [0.29, 0.717) is 5.82 Å². The second kappa shape index (κ2) is 3.94. The minimum absolute atomic E-state index is 0.446. The van der Waals surface area contributed by atoms with Crippen molar-refractivity contribution in [3.8, 4) is 5.69 Å². The maximum atomic E-state index is 5.64. The second-order valence-corrected chi connectivity index (χ2v) is 4.84. The Morgan fingerprint density at radius 3 is 2.67 bits per heavy atom. The maximum Gasteiger partial charge on any atom is 0.169 e. The molecule has 0 aliphatic carbocycles. The predicted molar refractivity (Wildman–Crippen MR) is 65.9 cm³/mol. The highest BCUT2D eigenvalue weighted by molar-refractivity contribution is 9.11. The van der Waals surface area contributed by atoms with Crippen LogP contribution in [0, 0.1) is 6.92 Å². The fraction of sp³-hybridized carbons (Fsp3) is 0.111. The summed E-state index contributed by atoms with van der Waals surface area (Å²) in [5.74, 6) is 0.446. The van der Waals surface area contributed by atoms with Gasteiger partial charge in [0.2, 0.25) is 0 Å². The largest absolute Gasteiger partial charge is 0.381 e. The molecule has 0 radical (unpaired) electrons. The van der Waals surface area contributed by atoms with E-state index in [0.717, 1.165) is 20.3 Å². The quantitative estimate of drug-likeness (QED) is 0.874. The van der Waals surface area contributed by atoms with E-state index in [-0.39, 0.29) is 0 Å². The molecular weight excluding hydrogens is 324 g/mol. The molecule has 0 aliphatic heterocycles. The normalized spacial score (nSPS) is 10.6. The lowest BCUT2D eigenvalue weighted by atomic mass is 10.3. The van der Waals surface area contributed by atoms with Gasteiger partial charge in [-0.25, -0.2) is 4.68 Å². The molecule has 1 heterocycles. The van der Waals surface area contributed by atoms with Crippen LogP contribution in [-0.2, 0) is 0 Å². The van der Waals surface area contributed by atoms with E-state index in [1.54, 1.807) is 4.68 Å². The summed E-state index contributed by atoms with van der Waals surface area (Å²) in [5.41, 5.74) is 7.38. The number of rotatable bonds is 1. The molecule has 0 spiro atoms. The average molecular weight is 332 g/mol. The van der Waals surface area contributed by atoms with E-state index in [9.17, 15) is 0 Å². The van der Waals surface area contributed by atoms with Gasteiger partial charge in [-0.05, 0) is 41.1 Å². The van der Waals surface area contributed by atoms with Crippen molar-refractivity contribution in [1.29, 1.82) is 0 Å². The van der Waals surface area contributed by atoms with E-state index in [1.807, 2.05) is 25.1 Å². The number of nitrogens with zero attached hydrogens (tertiary/aromatic N) is 3. The molecule has 0 saturated heterocycles. The first-order chi connectivity index (χ1) is 7.09. The minimum Gasteiger partial charge on any atom is -0.381 e. The third-order valence-electron chi connectivity index (χ3n) is 2.07. The molecule has 0 fully saturated rings. The first-order valence-electron chi connectivity index (χ1n) is 4.23. The third-order valence-corrected chi connectivity index (χ3v) is 3.23. The molecule has 1 aromatic heterocycles. The van der Waals surface area contributed by atoms with E-state index in [1.165, 1.54) is 0 Å². The lowest BCUT2D eigenvalue weighted by molar-refractivity contribution is 0.782. The smallest absolute Gasteiger partial charge is 0.169 e. The van der Waals surface area contributed by atoms with Crippen LogP contribution in [0.2, 0.25) is 0 Å². The summed E-state index contributed by atoms with van der Waals surface area (Å²) >= 11 is 6.87. The topological polar surface area (TPSA) is 56.7 Å². The van der Waals surface area contributed by atoms with Gasteiger partial charge in [0.1, 0.15) is 0 Å². The Morgan fingerprint density at radius 2 is 2.07 bits per heavy atom. The first kappa shape index (κ1) is 10.6. The fourth-order valence-corrected chi connectivity index (χ4v) is 1.98. The summed E-state index contributed by atoms with van der Waals surface area (Å²) < 4.78 is 3.62. The van der Waals surface area contributed by atoms with Crippen molar-refractivity contribution < 1.29 is 0 Å². The van der Waals surface area contributed by atoms with Crippen molar-refractivity contribution in [2.45, 2.75) is 6.92 Å². The molecule has 78 valence electrons. The van der Waals surface area contributed by atoms with Crippen LogP contribution >= 0.6 is 31.9 Å². The summed E-state index contributed by atoms with van der Waals surface area (Å²) in [6, 6.07) is 5.84. The molecule has 0 saturated carbocycles. The summed E-state index contributed by atoms with van der Waals surface area (Å²) in [6.07, 6.45) is 0. The van der Waals surface area contributed by atoms with Crippen LogP contribution in [0.25, 0.3) is 5.69 Å². The first-order valence-corrected chi connectivity index (χ1v) is 5.81. The van der Waals surface area contributed by atoms with Gasteiger partial charge in [0, 0.05) is 8.95 Å². The SMILES string of the molecule is Cc1c(N)nnn1-c1cc(Br)ccc1Br. The van der Waals surface area contributed by atoms with Gasteiger partial charge in [-0.15, -0.1) is 5.10 Å². The van der Waals surface area contributed by atoms with Gasteiger partial charge in [0.25, 0.3) is 0 Å². The summed E-state index contributed by atoms with van der Waals surface area (Å²) in [4.78, 5) is 0. The molecule has 2 N–H and O–H groups in total. The number of nitrogens with two attached hydrogens (primary N) is 1. The Bertz CT molecular complexity index is 507. The molecule has 0 unspecified atom stereocenters. The monoisotopic (exact) mass is 330 g/mol. The molecular formula is C9H8Br2N4. The van der Waals surface area contributed by atoms with Gasteiger partial charge in [0.15, 0.2) is 5.82 Å². The van der Waals surface area contributed by atoms with Crippen LogP contribution in [-0.4, -0.2) is 15.0 Å². The number of anilines is 1. The van der Waals surface area contributed by atoms with E-state index < -0.39 is 0 Å². The van der Waals surface area contributed by atoms with Crippen LogP contribution in [0.15, 0.2) is 27.1 Å². The van der Waals surface area contributed by atoms with Crippen LogP contribution in [0.3, 0.4) is 0 Å². The predicted octanol–water partition coefficient (Wildman–Crippen LogP) is 2.68. The lowest BCUT2D eigenvalue weighted by Gasteiger charge is -2.06.